The molecule has 21 heavy (non-hydrogen) atoms. The van der Waals surface area contributed by atoms with Gasteiger partial charge in [0.25, 0.3) is 0 Å². The summed E-state index contributed by atoms with van der Waals surface area (Å²) in [6.07, 6.45) is 0. The largest absolute Gasteiger partial charge is 0.493 e. The zero-order chi connectivity index (χ0) is 15.1. The van der Waals surface area contributed by atoms with E-state index in [-0.39, 0.29) is 0 Å². The molecule has 2 aromatic heterocycles. The summed E-state index contributed by atoms with van der Waals surface area (Å²) >= 11 is 1.72. The Balaban J connectivity index is 2.27. The minimum absolute atomic E-state index is 0.731. The molecule has 5 heteroatoms. The van der Waals surface area contributed by atoms with Gasteiger partial charge in [-0.1, -0.05) is 0 Å². The highest BCUT2D eigenvalue weighted by Crippen LogP contribution is 2.36. The van der Waals surface area contributed by atoms with E-state index in [1.165, 1.54) is 10.6 Å². The van der Waals surface area contributed by atoms with Gasteiger partial charge in [0.2, 0.25) is 0 Å². The molecule has 0 atom stereocenters. The van der Waals surface area contributed by atoms with Crippen molar-refractivity contribution < 1.29 is 9.47 Å². The second-order valence-corrected chi connectivity index (χ2v) is 6.16. The Kier molecular flexibility index (Phi) is 3.37. The van der Waals surface area contributed by atoms with Gasteiger partial charge in [0.05, 0.1) is 25.6 Å². The van der Waals surface area contributed by atoms with Crippen LogP contribution in [0.1, 0.15) is 16.3 Å². The molecule has 0 saturated carbocycles. The number of thiazole rings is 1. The van der Waals surface area contributed by atoms with Gasteiger partial charge >= 0.3 is 0 Å². The van der Waals surface area contributed by atoms with Gasteiger partial charge in [0, 0.05) is 16.1 Å². The molecule has 2 heterocycles. The van der Waals surface area contributed by atoms with Gasteiger partial charge in [-0.25, -0.2) is 4.98 Å². The average Bonchev–Trinajstić information content (AvgIpc) is 2.94. The lowest BCUT2D eigenvalue weighted by Gasteiger charge is -2.10. The Morgan fingerprint density at radius 1 is 1.05 bits per heavy atom. The first kappa shape index (κ1) is 13.9. The molecule has 4 nitrogen and oxygen atoms in total. The van der Waals surface area contributed by atoms with Crippen LogP contribution in [0.3, 0.4) is 0 Å². The molecule has 0 unspecified atom stereocenters. The second-order valence-electron chi connectivity index (χ2n) is 4.98. The van der Waals surface area contributed by atoms with Gasteiger partial charge in [-0.3, -0.25) is 4.40 Å². The third-order valence-electron chi connectivity index (χ3n) is 3.77. The van der Waals surface area contributed by atoms with Crippen LogP contribution in [0, 0.1) is 20.8 Å². The van der Waals surface area contributed by atoms with Crippen LogP contribution in [0.4, 0.5) is 0 Å². The molecular formula is C16H18N2O2S. The van der Waals surface area contributed by atoms with E-state index in [1.807, 2.05) is 25.1 Å². The molecule has 3 rings (SSSR count). The standard InChI is InChI=1S/C16H18N2O2S/c1-9-15(18-10(2)11(3)21-16(18)17-9)12-6-7-13(19-4)14(8-12)20-5/h6-8H,1-5H3. The van der Waals surface area contributed by atoms with Crippen LogP contribution >= 0.6 is 11.3 Å². The summed E-state index contributed by atoms with van der Waals surface area (Å²) in [6.45, 7) is 6.30. The predicted molar refractivity (Wildman–Crippen MR) is 85.8 cm³/mol. The summed E-state index contributed by atoms with van der Waals surface area (Å²) in [4.78, 5) is 7.00. The van der Waals surface area contributed by atoms with Crippen molar-refractivity contribution in [3.05, 3.63) is 34.5 Å². The minimum atomic E-state index is 0.731. The van der Waals surface area contributed by atoms with Crippen LogP contribution in [-0.4, -0.2) is 23.6 Å². The third kappa shape index (κ3) is 2.08. The van der Waals surface area contributed by atoms with Gasteiger partial charge in [0.15, 0.2) is 16.5 Å². The molecule has 0 aliphatic heterocycles. The highest BCUT2D eigenvalue weighted by atomic mass is 32.1. The topological polar surface area (TPSA) is 35.8 Å². The first-order valence-electron chi connectivity index (χ1n) is 6.74. The molecule has 0 spiro atoms. The van der Waals surface area contributed by atoms with Crippen LogP contribution in [-0.2, 0) is 0 Å². The smallest absolute Gasteiger partial charge is 0.194 e. The first-order valence-corrected chi connectivity index (χ1v) is 7.56. The average molecular weight is 302 g/mol. The summed E-state index contributed by atoms with van der Waals surface area (Å²) < 4.78 is 12.9. The van der Waals surface area contributed by atoms with Gasteiger partial charge in [-0.05, 0) is 39.0 Å². The van der Waals surface area contributed by atoms with Crippen LogP contribution in [0.2, 0.25) is 0 Å². The normalized spacial score (nSPS) is 11.1. The molecule has 110 valence electrons. The maximum absolute atomic E-state index is 5.41. The predicted octanol–water partition coefficient (Wildman–Crippen LogP) is 4.01. The number of hydrogen-bond donors (Lipinski definition) is 0. The number of ether oxygens (including phenoxy) is 2. The number of imidazole rings is 1. The van der Waals surface area contributed by atoms with Crippen LogP contribution < -0.4 is 9.47 Å². The minimum Gasteiger partial charge on any atom is -0.493 e. The number of fused-ring (bicyclic) bond motifs is 1. The Bertz CT molecular complexity index is 817. The number of aryl methyl sites for hydroxylation is 3. The highest BCUT2D eigenvalue weighted by Gasteiger charge is 2.17. The summed E-state index contributed by atoms with van der Waals surface area (Å²) in [5.74, 6) is 1.46. The molecule has 0 amide bonds. The zero-order valence-electron chi connectivity index (χ0n) is 12.9. The molecule has 0 fully saturated rings. The van der Waals surface area contributed by atoms with E-state index in [4.69, 9.17) is 9.47 Å². The number of rotatable bonds is 3. The molecule has 0 aliphatic rings. The fraction of sp³-hybridized carbons (Fsp3) is 0.312. The van der Waals surface area contributed by atoms with E-state index in [2.05, 4.69) is 23.2 Å². The second kappa shape index (κ2) is 5.07. The number of methoxy groups -OCH3 is 2. The number of aromatic nitrogens is 2. The molecule has 0 saturated heterocycles. The van der Waals surface area contributed by atoms with Gasteiger partial charge < -0.3 is 9.47 Å². The lowest BCUT2D eigenvalue weighted by molar-refractivity contribution is 0.355. The quantitative estimate of drug-likeness (QED) is 0.733. The van der Waals surface area contributed by atoms with Crippen LogP contribution in [0.15, 0.2) is 18.2 Å². The maximum Gasteiger partial charge on any atom is 0.194 e. The van der Waals surface area contributed by atoms with Crippen molar-refractivity contribution in [1.82, 2.24) is 9.38 Å². The first-order chi connectivity index (χ1) is 10.1. The number of benzene rings is 1. The van der Waals surface area contributed by atoms with Crippen molar-refractivity contribution in [1.29, 1.82) is 0 Å². The van der Waals surface area contributed by atoms with E-state index in [0.29, 0.717) is 0 Å². The summed E-state index contributed by atoms with van der Waals surface area (Å²) in [5.41, 5.74) is 4.46. The van der Waals surface area contributed by atoms with Crippen molar-refractivity contribution in [3.63, 3.8) is 0 Å². The van der Waals surface area contributed by atoms with Gasteiger partial charge in [0.1, 0.15) is 0 Å². The molecule has 3 aromatic rings. The SMILES string of the molecule is COc1ccc(-c2c(C)nc3sc(C)c(C)n23)cc1OC. The molecule has 1 aromatic carbocycles. The monoisotopic (exact) mass is 302 g/mol. The van der Waals surface area contributed by atoms with E-state index >= 15 is 0 Å². The Morgan fingerprint density at radius 3 is 2.43 bits per heavy atom. The Labute approximate surface area is 128 Å². The molecule has 0 radical (unpaired) electrons. The molecular weight excluding hydrogens is 284 g/mol. The van der Waals surface area contributed by atoms with E-state index in [1.54, 1.807) is 25.6 Å². The van der Waals surface area contributed by atoms with E-state index < -0.39 is 0 Å². The zero-order valence-corrected chi connectivity index (χ0v) is 13.7. The van der Waals surface area contributed by atoms with E-state index in [0.717, 1.165) is 33.4 Å². The lowest BCUT2D eigenvalue weighted by Crippen LogP contribution is -1.94. The van der Waals surface area contributed by atoms with Crippen LogP contribution in [0.5, 0.6) is 11.5 Å². The number of nitrogens with zero attached hydrogens (tertiary/aromatic N) is 2. The fourth-order valence-electron chi connectivity index (χ4n) is 2.57. The van der Waals surface area contributed by atoms with E-state index in [9.17, 15) is 0 Å². The van der Waals surface area contributed by atoms with Crippen LogP contribution in [0.25, 0.3) is 16.2 Å². The van der Waals surface area contributed by atoms with Crippen molar-refractivity contribution in [2.75, 3.05) is 14.2 Å². The van der Waals surface area contributed by atoms with Crippen molar-refractivity contribution >= 4 is 16.3 Å². The lowest BCUT2D eigenvalue weighted by atomic mass is 10.1. The number of hydrogen-bond acceptors (Lipinski definition) is 4. The maximum atomic E-state index is 5.41. The van der Waals surface area contributed by atoms with Crippen molar-refractivity contribution in [2.24, 2.45) is 0 Å². The summed E-state index contributed by atoms with van der Waals surface area (Å²) in [6, 6.07) is 5.98. The van der Waals surface area contributed by atoms with Gasteiger partial charge in [-0.15, -0.1) is 11.3 Å². The third-order valence-corrected chi connectivity index (χ3v) is 4.83. The molecule has 0 N–H and O–H groups in total. The van der Waals surface area contributed by atoms with Gasteiger partial charge in [-0.2, -0.15) is 0 Å². The molecule has 0 bridgehead atoms. The summed E-state index contributed by atoms with van der Waals surface area (Å²) in [7, 11) is 3.30. The Hall–Kier alpha value is -2.01. The van der Waals surface area contributed by atoms with Crippen molar-refractivity contribution in [2.45, 2.75) is 20.8 Å². The summed E-state index contributed by atoms with van der Waals surface area (Å²) in [5, 5.41) is 0. The fourth-order valence-corrected chi connectivity index (χ4v) is 3.59. The Morgan fingerprint density at radius 2 is 1.76 bits per heavy atom. The highest BCUT2D eigenvalue weighted by molar-refractivity contribution is 7.17. The van der Waals surface area contributed by atoms with Crippen molar-refractivity contribution in [3.8, 4) is 22.8 Å². The molecule has 0 aliphatic carbocycles.